The predicted molar refractivity (Wildman–Crippen MR) is 138 cm³/mol. The molecule has 3 heterocycles. The highest BCUT2D eigenvalue weighted by atomic mass is 16.5. The summed E-state index contributed by atoms with van der Waals surface area (Å²) in [6.07, 6.45) is 4.10. The fraction of sp³-hybridized carbons (Fsp3) is 0.679. The molecule has 2 saturated heterocycles. The van der Waals surface area contributed by atoms with Gasteiger partial charge in [-0.3, -0.25) is 4.90 Å². The molecule has 2 aromatic rings. The molecule has 1 N–H and O–H groups in total. The van der Waals surface area contributed by atoms with Crippen LogP contribution >= 0.6 is 0 Å². The van der Waals surface area contributed by atoms with Crippen LogP contribution < -0.4 is 4.90 Å². The van der Waals surface area contributed by atoms with Crippen LogP contribution in [-0.2, 0) is 16.0 Å². The van der Waals surface area contributed by atoms with Crippen molar-refractivity contribution in [2.45, 2.75) is 65.2 Å². The Morgan fingerprint density at radius 2 is 1.91 bits per heavy atom. The normalized spacial score (nSPS) is 20.3. The number of piperidine rings is 1. The van der Waals surface area contributed by atoms with Gasteiger partial charge in [0.1, 0.15) is 5.69 Å². The molecule has 7 heteroatoms. The monoisotopic (exact) mass is 485 g/mol. The Balaban J connectivity index is 1.56. The average Bonchev–Trinajstić information content (AvgIpc) is 3.50. The minimum atomic E-state index is -0.561. The third-order valence-electron chi connectivity index (χ3n) is 6.98. The number of aliphatic hydroxyl groups is 1. The van der Waals surface area contributed by atoms with Crippen LogP contribution in [0.3, 0.4) is 0 Å². The number of rotatable bonds is 12. The van der Waals surface area contributed by atoms with Gasteiger partial charge in [0, 0.05) is 51.5 Å². The maximum Gasteiger partial charge on any atom is 0.232 e. The lowest BCUT2D eigenvalue weighted by atomic mass is 9.98. The maximum absolute atomic E-state index is 10.8. The fourth-order valence-electron chi connectivity index (χ4n) is 5.02. The van der Waals surface area contributed by atoms with E-state index in [-0.39, 0.29) is 6.10 Å². The number of nitrogens with zero attached hydrogens (tertiary/aromatic N) is 3. The fourth-order valence-corrected chi connectivity index (χ4v) is 5.02. The van der Waals surface area contributed by atoms with Gasteiger partial charge < -0.3 is 24.0 Å². The number of benzene rings is 1. The highest BCUT2D eigenvalue weighted by molar-refractivity contribution is 5.68. The van der Waals surface area contributed by atoms with Gasteiger partial charge in [0.2, 0.25) is 5.88 Å². The van der Waals surface area contributed by atoms with E-state index in [9.17, 15) is 5.11 Å². The molecule has 1 aromatic heterocycles. The van der Waals surface area contributed by atoms with E-state index in [1.807, 2.05) is 18.2 Å². The minimum absolute atomic E-state index is 0.193. The molecule has 194 valence electrons. The highest BCUT2D eigenvalue weighted by Crippen LogP contribution is 2.34. The first-order chi connectivity index (χ1) is 17.0. The number of aromatic nitrogens is 1. The van der Waals surface area contributed by atoms with Gasteiger partial charge in [0.15, 0.2) is 0 Å². The van der Waals surface area contributed by atoms with E-state index in [0.717, 1.165) is 80.5 Å². The Morgan fingerprint density at radius 1 is 1.14 bits per heavy atom. The second kappa shape index (κ2) is 12.9. The third-order valence-corrected chi connectivity index (χ3v) is 6.98. The van der Waals surface area contributed by atoms with Crippen LogP contribution in [0.25, 0.3) is 11.3 Å². The van der Waals surface area contributed by atoms with Gasteiger partial charge in [-0.1, -0.05) is 56.3 Å². The van der Waals surface area contributed by atoms with E-state index in [4.69, 9.17) is 14.0 Å². The van der Waals surface area contributed by atoms with E-state index in [2.05, 4.69) is 47.9 Å². The summed E-state index contributed by atoms with van der Waals surface area (Å²) in [7, 11) is 0. The van der Waals surface area contributed by atoms with Crippen LogP contribution in [0, 0.1) is 11.8 Å². The van der Waals surface area contributed by atoms with Gasteiger partial charge in [-0.25, -0.2) is 0 Å². The quantitative estimate of drug-likeness (QED) is 0.471. The van der Waals surface area contributed by atoms with Crippen LogP contribution in [0.4, 0.5) is 5.88 Å². The number of aliphatic hydroxyl groups excluding tert-OH is 1. The first kappa shape index (κ1) is 26.1. The zero-order valence-corrected chi connectivity index (χ0v) is 21.7. The zero-order valence-electron chi connectivity index (χ0n) is 21.7. The molecule has 2 unspecified atom stereocenters. The summed E-state index contributed by atoms with van der Waals surface area (Å²) in [5.74, 6) is 2.06. The average molecular weight is 486 g/mol. The van der Waals surface area contributed by atoms with Gasteiger partial charge in [0.05, 0.1) is 24.4 Å². The Bertz CT molecular complexity index is 874. The van der Waals surface area contributed by atoms with Crippen LogP contribution in [0.2, 0.25) is 0 Å². The lowest BCUT2D eigenvalue weighted by Crippen LogP contribution is -2.40. The summed E-state index contributed by atoms with van der Waals surface area (Å²) in [5, 5.41) is 15.4. The highest BCUT2D eigenvalue weighted by Gasteiger charge is 2.29. The number of ether oxygens (including phenoxy) is 2. The van der Waals surface area contributed by atoms with Crippen LogP contribution in [-0.4, -0.2) is 73.4 Å². The molecule has 0 amide bonds. The first-order valence-corrected chi connectivity index (χ1v) is 13.4. The molecule has 4 rings (SSSR count). The Kier molecular flexibility index (Phi) is 9.60. The molecule has 0 aliphatic carbocycles. The maximum atomic E-state index is 10.8. The summed E-state index contributed by atoms with van der Waals surface area (Å²) >= 11 is 0. The Morgan fingerprint density at radius 3 is 2.60 bits per heavy atom. The smallest absolute Gasteiger partial charge is 0.232 e. The van der Waals surface area contributed by atoms with Crippen molar-refractivity contribution in [3.8, 4) is 11.3 Å². The van der Waals surface area contributed by atoms with Crippen LogP contribution in [0.1, 0.15) is 52.0 Å². The van der Waals surface area contributed by atoms with Crippen molar-refractivity contribution in [3.63, 3.8) is 0 Å². The van der Waals surface area contributed by atoms with Gasteiger partial charge in [0.25, 0.3) is 0 Å². The second-order valence-corrected chi connectivity index (χ2v) is 10.8. The number of hydrogen-bond acceptors (Lipinski definition) is 7. The summed E-state index contributed by atoms with van der Waals surface area (Å²) < 4.78 is 17.7. The molecular formula is C28H43N3O4. The molecule has 2 fully saturated rings. The van der Waals surface area contributed by atoms with Gasteiger partial charge in [-0.15, -0.1) is 0 Å². The van der Waals surface area contributed by atoms with Gasteiger partial charge in [-0.2, -0.15) is 0 Å². The lowest BCUT2D eigenvalue weighted by Gasteiger charge is -2.32. The molecule has 0 radical (unpaired) electrons. The summed E-state index contributed by atoms with van der Waals surface area (Å²) in [5.41, 5.74) is 3.04. The largest absolute Gasteiger partial charge is 0.389 e. The number of anilines is 1. The molecule has 2 aliphatic rings. The molecule has 2 aliphatic heterocycles. The van der Waals surface area contributed by atoms with Crippen molar-refractivity contribution < 1.29 is 19.1 Å². The Labute approximate surface area is 210 Å². The van der Waals surface area contributed by atoms with E-state index in [1.54, 1.807) is 0 Å². The van der Waals surface area contributed by atoms with E-state index >= 15 is 0 Å². The van der Waals surface area contributed by atoms with E-state index < -0.39 is 6.10 Å². The zero-order chi connectivity index (χ0) is 24.6. The molecular weight excluding hydrogens is 442 g/mol. The van der Waals surface area contributed by atoms with E-state index in [1.165, 1.54) is 0 Å². The topological polar surface area (TPSA) is 71.2 Å². The lowest BCUT2D eigenvalue weighted by molar-refractivity contribution is -0.00388. The van der Waals surface area contributed by atoms with Crippen molar-refractivity contribution >= 4 is 5.88 Å². The standard InChI is InChI=1S/C28H43N3O4/c1-21(2)19-33-20-24(32)16-30(17-25-10-7-15-34-25)18-26-27(23-8-5-4-6-9-23)29-35-28(26)31-13-11-22(3)12-14-31/h4-6,8-9,21-22,24-25,32H,7,10-20H2,1-3H3. The SMILES string of the molecule is CC(C)COCC(O)CN(Cc1c(-c2ccccc2)noc1N1CCC(C)CC1)CC1CCCO1. The second-order valence-electron chi connectivity index (χ2n) is 10.8. The molecule has 35 heavy (non-hydrogen) atoms. The molecule has 0 spiro atoms. The Hall–Kier alpha value is -1.93. The summed E-state index contributed by atoms with van der Waals surface area (Å²) in [4.78, 5) is 4.65. The van der Waals surface area contributed by atoms with Gasteiger partial charge in [-0.05, 0) is 37.5 Å². The van der Waals surface area contributed by atoms with Crippen molar-refractivity contribution in [3.05, 3.63) is 35.9 Å². The minimum Gasteiger partial charge on any atom is -0.389 e. The molecule has 0 saturated carbocycles. The van der Waals surface area contributed by atoms with Gasteiger partial charge >= 0.3 is 0 Å². The van der Waals surface area contributed by atoms with Crippen LogP contribution in [0.5, 0.6) is 0 Å². The molecule has 1 aromatic carbocycles. The number of hydrogen-bond donors (Lipinski definition) is 1. The molecule has 7 nitrogen and oxygen atoms in total. The summed E-state index contributed by atoms with van der Waals surface area (Å²) in [6.45, 7) is 12.3. The summed E-state index contributed by atoms with van der Waals surface area (Å²) in [6, 6.07) is 10.3. The van der Waals surface area contributed by atoms with Crippen molar-refractivity contribution in [1.29, 1.82) is 0 Å². The van der Waals surface area contributed by atoms with Crippen molar-refractivity contribution in [1.82, 2.24) is 10.1 Å². The van der Waals surface area contributed by atoms with Crippen LogP contribution in [0.15, 0.2) is 34.9 Å². The molecule has 2 atom stereocenters. The first-order valence-electron chi connectivity index (χ1n) is 13.4. The van der Waals surface area contributed by atoms with Crippen molar-refractivity contribution in [2.24, 2.45) is 11.8 Å². The predicted octanol–water partition coefficient (Wildman–Crippen LogP) is 4.59. The third kappa shape index (κ3) is 7.53. The van der Waals surface area contributed by atoms with Crippen molar-refractivity contribution in [2.75, 3.05) is 50.9 Å². The molecule has 0 bridgehead atoms. The van der Waals surface area contributed by atoms with E-state index in [0.29, 0.717) is 32.2 Å².